The van der Waals surface area contributed by atoms with Gasteiger partial charge in [0.2, 0.25) is 10.0 Å². The molecule has 54 heavy (non-hydrogen) atoms. The molecular weight excluding hydrogens is 685 g/mol. The van der Waals surface area contributed by atoms with Crippen LogP contribution in [0.1, 0.15) is 166 Å². The van der Waals surface area contributed by atoms with Crippen LogP contribution in [0.2, 0.25) is 0 Å². The summed E-state index contributed by atoms with van der Waals surface area (Å²) in [5.74, 6) is 5.14. The van der Waals surface area contributed by atoms with Gasteiger partial charge in [0.15, 0.2) is 0 Å². The molecule has 0 heterocycles. The molecule has 0 amide bonds. The molecule has 0 aliphatic heterocycles. The first-order valence-corrected chi connectivity index (χ1v) is 21.9. The van der Waals surface area contributed by atoms with Crippen molar-refractivity contribution in [3.8, 4) is 11.1 Å². The summed E-state index contributed by atoms with van der Waals surface area (Å²) in [5.41, 5.74) is 7.05. The van der Waals surface area contributed by atoms with E-state index in [-0.39, 0.29) is 32.2 Å². The number of fused-ring (bicyclic) bond motifs is 3. The van der Waals surface area contributed by atoms with Gasteiger partial charge >= 0.3 is 0 Å². The van der Waals surface area contributed by atoms with Crippen LogP contribution >= 0.6 is 0 Å². The third-order valence-corrected chi connectivity index (χ3v) is 13.7. The van der Waals surface area contributed by atoms with Crippen molar-refractivity contribution in [2.75, 3.05) is 0 Å². The Morgan fingerprint density at radius 1 is 0.759 bits per heavy atom. The summed E-state index contributed by atoms with van der Waals surface area (Å²) in [6, 6.07) is 16.7. The van der Waals surface area contributed by atoms with E-state index in [1.807, 2.05) is 39.8 Å². The molecule has 0 atom stereocenters. The Bertz CT molecular complexity index is 1450. The molecule has 0 radical (unpaired) electrons. The molecule has 0 saturated heterocycles. The monoisotopic (exact) mass is 767 g/mol. The van der Waals surface area contributed by atoms with Crippen molar-refractivity contribution in [3.63, 3.8) is 0 Å². The number of hydrogen-bond acceptors (Lipinski definition) is 4. The van der Waals surface area contributed by atoms with Crippen LogP contribution in [-0.2, 0) is 14.9 Å². The Hall–Kier alpha value is -2.44. The van der Waals surface area contributed by atoms with Gasteiger partial charge in [0.1, 0.15) is 11.8 Å². The molecule has 0 aromatic heterocycles. The van der Waals surface area contributed by atoms with E-state index in [0.717, 1.165) is 64.7 Å². The molecule has 5 saturated carbocycles. The molecule has 0 spiro atoms. The van der Waals surface area contributed by atoms with E-state index < -0.39 is 10.0 Å². The summed E-state index contributed by atoms with van der Waals surface area (Å²) in [7, 11) is -2.94. The van der Waals surface area contributed by atoms with Crippen molar-refractivity contribution >= 4 is 15.7 Å². The smallest absolute Gasteiger partial charge is 0.214 e. The van der Waals surface area contributed by atoms with Crippen LogP contribution in [-0.4, -0.2) is 31.5 Å². The van der Waals surface area contributed by atoms with Crippen LogP contribution in [0.5, 0.6) is 0 Å². The van der Waals surface area contributed by atoms with E-state index in [1.165, 1.54) is 17.5 Å². The topological polar surface area (TPSA) is 67.8 Å². The zero-order chi connectivity index (χ0) is 38.9. The fraction of sp³-hybridized carbons (Fsp3) is 0.688. The lowest BCUT2D eigenvalue weighted by molar-refractivity contribution is -0.0595. The van der Waals surface area contributed by atoms with Crippen molar-refractivity contribution in [2.45, 2.75) is 173 Å². The summed E-state index contributed by atoms with van der Waals surface area (Å²) in [6.45, 7) is 29.7. The molecule has 5 fully saturated rings. The molecule has 6 aliphatic rings. The van der Waals surface area contributed by atoms with E-state index in [9.17, 15) is 8.42 Å². The maximum absolute atomic E-state index is 11.1. The Kier molecular flexibility index (Phi) is 20.0. The normalized spacial score (nSPS) is 22.8. The number of nitrogens with one attached hydrogen (secondary N) is 1. The lowest BCUT2D eigenvalue weighted by atomic mass is 9.48. The molecule has 2 aromatic carbocycles. The van der Waals surface area contributed by atoms with Crippen LogP contribution in [0.3, 0.4) is 0 Å². The van der Waals surface area contributed by atoms with Crippen LogP contribution in [0.15, 0.2) is 66.8 Å². The zero-order valence-corrected chi connectivity index (χ0v) is 35.6. The lowest BCUT2D eigenvalue weighted by Gasteiger charge is -2.57. The minimum absolute atomic E-state index is 0. The van der Waals surface area contributed by atoms with Gasteiger partial charge in [-0.15, -0.1) is 13.2 Å². The highest BCUT2D eigenvalue weighted by atomic mass is 32.2. The average Bonchev–Trinajstić information content (AvgIpc) is 3.88. The van der Waals surface area contributed by atoms with Crippen LogP contribution < -0.4 is 4.72 Å². The molecule has 308 valence electrons. The number of nitrogens with zero attached hydrogens (tertiary/aromatic N) is 1. The largest absolute Gasteiger partial charge is 0.393 e. The lowest BCUT2D eigenvalue weighted by Crippen LogP contribution is -2.46. The highest BCUT2D eigenvalue weighted by Crippen LogP contribution is 2.61. The number of sulfonamides is 1. The standard InChI is InChI=1S/C16H15NO.C15H26.C7H16.C6H13NO2S.C2H4.2CH4/c1-11(2)18-17-16-14-9-5-3-7-12(14)13-8-4-6-10-15(13)16;1-11(2)3-4-15-8-12-5-13(9-15)7-14(6-12)10-15;1-6(2)7(3,4)5;1-5(2)7-10(8,9)6-3-4-6;1-2;;/h3-11H,1-2H3;11-14H,3-10H2,1-2H3;6H,1-5H3;5-7H,3-4H2,1-2H3;1-2H2;2*1H4. The molecule has 8 rings (SSSR count). The van der Waals surface area contributed by atoms with Crippen molar-refractivity contribution in [3.05, 3.63) is 72.8 Å². The second-order valence-corrected chi connectivity index (χ2v) is 20.6. The maximum atomic E-state index is 11.1. The molecule has 1 N–H and O–H groups in total. The Balaban J connectivity index is 0.000000369. The first-order chi connectivity index (χ1) is 24.4. The van der Waals surface area contributed by atoms with Crippen molar-refractivity contribution in [2.24, 2.45) is 45.6 Å². The molecule has 6 aliphatic carbocycles. The second-order valence-electron chi connectivity index (χ2n) is 18.6. The minimum Gasteiger partial charge on any atom is -0.393 e. The van der Waals surface area contributed by atoms with Gasteiger partial charge in [-0.1, -0.05) is 123 Å². The molecular formula is C48H82N2O3S. The first kappa shape index (κ1) is 49.6. The molecule has 6 heteroatoms. The predicted octanol–water partition coefficient (Wildman–Crippen LogP) is 13.7. The van der Waals surface area contributed by atoms with Gasteiger partial charge in [0.05, 0.1) is 5.25 Å². The Labute approximate surface area is 334 Å². The van der Waals surface area contributed by atoms with E-state index in [2.05, 4.69) is 108 Å². The van der Waals surface area contributed by atoms with Crippen molar-refractivity contribution in [1.82, 2.24) is 4.72 Å². The van der Waals surface area contributed by atoms with Gasteiger partial charge in [-0.2, -0.15) is 0 Å². The third kappa shape index (κ3) is 14.6. The van der Waals surface area contributed by atoms with Gasteiger partial charge in [-0.05, 0) is 137 Å². The summed E-state index contributed by atoms with van der Waals surface area (Å²) in [6.07, 6.45) is 14.4. The fourth-order valence-electron chi connectivity index (χ4n) is 8.24. The van der Waals surface area contributed by atoms with E-state index in [1.54, 1.807) is 44.9 Å². The van der Waals surface area contributed by atoms with Gasteiger partial charge in [0.25, 0.3) is 0 Å². The van der Waals surface area contributed by atoms with Crippen molar-refractivity contribution in [1.29, 1.82) is 0 Å². The number of benzene rings is 2. The molecule has 5 nitrogen and oxygen atoms in total. The van der Waals surface area contributed by atoms with Gasteiger partial charge in [0, 0.05) is 17.2 Å². The summed E-state index contributed by atoms with van der Waals surface area (Å²) < 4.78 is 24.7. The van der Waals surface area contributed by atoms with E-state index >= 15 is 0 Å². The molecule has 2 aromatic rings. The maximum Gasteiger partial charge on any atom is 0.214 e. The number of oxime groups is 1. The summed E-state index contributed by atoms with van der Waals surface area (Å²) in [5, 5.41) is 4.23. The second kappa shape index (κ2) is 21.8. The summed E-state index contributed by atoms with van der Waals surface area (Å²) in [4.78, 5) is 5.43. The highest BCUT2D eigenvalue weighted by Gasteiger charge is 2.50. The SMILES string of the molecule is C.C.C=C.CC(C)C(C)(C)C.CC(C)CCC12CC3CC(CC(C3)C1)C2.CC(C)NS(=O)(=O)C1CC1.CC(C)ON=C1c2ccccc2-c2ccccc21. The Morgan fingerprint density at radius 3 is 1.46 bits per heavy atom. The summed E-state index contributed by atoms with van der Waals surface area (Å²) >= 11 is 0. The number of hydrogen-bond donors (Lipinski definition) is 1. The van der Waals surface area contributed by atoms with Crippen LogP contribution in [0, 0.1) is 40.4 Å². The van der Waals surface area contributed by atoms with E-state index in [4.69, 9.17) is 4.84 Å². The quantitative estimate of drug-likeness (QED) is 0.183. The van der Waals surface area contributed by atoms with Crippen LogP contribution in [0.25, 0.3) is 11.1 Å². The predicted molar refractivity (Wildman–Crippen MR) is 238 cm³/mol. The Morgan fingerprint density at radius 2 is 1.15 bits per heavy atom. The van der Waals surface area contributed by atoms with Gasteiger partial charge in [-0.25, -0.2) is 13.1 Å². The zero-order valence-electron chi connectivity index (χ0n) is 34.8. The molecule has 0 unspecified atom stereocenters. The van der Waals surface area contributed by atoms with Gasteiger partial charge < -0.3 is 4.84 Å². The van der Waals surface area contributed by atoms with Crippen molar-refractivity contribution < 1.29 is 13.3 Å². The van der Waals surface area contributed by atoms with Gasteiger partial charge in [-0.3, -0.25) is 0 Å². The minimum atomic E-state index is -2.94. The fourth-order valence-corrected chi connectivity index (χ4v) is 9.85. The third-order valence-electron chi connectivity index (χ3n) is 11.5. The molecule has 4 bridgehead atoms. The first-order valence-electron chi connectivity index (χ1n) is 20.3. The van der Waals surface area contributed by atoms with Crippen LogP contribution in [0.4, 0.5) is 0 Å². The average molecular weight is 767 g/mol. The van der Waals surface area contributed by atoms with E-state index in [0.29, 0.717) is 5.41 Å². The number of rotatable bonds is 8. The highest BCUT2D eigenvalue weighted by molar-refractivity contribution is 7.90.